The Hall–Kier alpha value is -1.89. The summed E-state index contributed by atoms with van der Waals surface area (Å²) in [5.41, 5.74) is 11.7. The molecule has 0 aromatic rings. The zero-order valence-electron chi connectivity index (χ0n) is 68.4. The molecule has 0 rings (SSSR count). The zero-order valence-corrected chi connectivity index (χ0v) is 68.4. The van der Waals surface area contributed by atoms with Gasteiger partial charge in [-0.15, -0.1) is 0 Å². The van der Waals surface area contributed by atoms with Gasteiger partial charge in [-0.2, -0.15) is 0 Å². The molecule has 0 aliphatic carbocycles. The second kappa shape index (κ2) is 81.2. The van der Waals surface area contributed by atoms with Gasteiger partial charge in [0.05, 0.1) is 40.4 Å². The first-order chi connectivity index (χ1) is 49.2. The first-order valence-electron chi connectivity index (χ1n) is 44.6. The van der Waals surface area contributed by atoms with Gasteiger partial charge in [0.1, 0.15) is 6.54 Å². The second-order valence-electron chi connectivity index (χ2n) is 31.1. The number of nitrogens with one attached hydrogen (secondary N) is 1. The fraction of sp³-hybridized carbons (Fsp3) is 0.900. The molecular formula is C90H178N5O5+. The van der Waals surface area contributed by atoms with Gasteiger partial charge in [0.2, 0.25) is 12.2 Å². The van der Waals surface area contributed by atoms with E-state index in [1.807, 2.05) is 0 Å². The van der Waals surface area contributed by atoms with Crippen LogP contribution in [-0.2, 0) is 23.7 Å². The predicted octanol–water partition coefficient (Wildman–Crippen LogP) is 25.6. The number of hydrogen-bond acceptors (Lipinski definition) is 8. The number of nitrogens with two attached hydrogens (primary N) is 2. The van der Waals surface area contributed by atoms with Crippen LogP contribution in [0.3, 0.4) is 0 Å². The van der Waals surface area contributed by atoms with Crippen LogP contribution < -0.4 is 16.8 Å². The maximum absolute atomic E-state index is 13.5. The molecule has 592 valence electrons. The Morgan fingerprint density at radius 2 is 0.610 bits per heavy atom. The Kier molecular flexibility index (Phi) is 79.7. The van der Waals surface area contributed by atoms with Crippen LogP contribution in [-0.4, -0.2) is 120 Å². The van der Waals surface area contributed by atoms with Crippen molar-refractivity contribution >= 4 is 5.91 Å². The number of ether oxygens (including phenoxy) is 4. The molecule has 100 heavy (non-hydrogen) atoms. The van der Waals surface area contributed by atoms with Crippen molar-refractivity contribution in [2.45, 2.75) is 431 Å². The molecule has 5 N–H and O–H groups in total. The van der Waals surface area contributed by atoms with Crippen molar-refractivity contribution in [3.05, 3.63) is 48.6 Å². The Balaban J connectivity index is 6.46. The van der Waals surface area contributed by atoms with Gasteiger partial charge in [-0.3, -0.25) is 4.79 Å². The number of quaternary nitrogens is 1. The van der Waals surface area contributed by atoms with Crippen molar-refractivity contribution in [1.82, 2.24) is 10.2 Å². The lowest BCUT2D eigenvalue weighted by atomic mass is 10.1. The fourth-order valence-electron chi connectivity index (χ4n) is 13.8. The van der Waals surface area contributed by atoms with Gasteiger partial charge in [0.25, 0.3) is 5.79 Å². The standard InChI is InChI=1S/C90H177N5O5/c1-7-11-15-19-23-27-31-35-39-43-47-51-55-59-63-69-83-97-89(98-84-70-64-60-56-52-48-44-40-36-32-28-24-20-16-12-8-2)90(99-85-71-65-61-57-53-49-45-41-37-33-29-25-21-17-13-9-3,100-86-72-66-62-58-54-50-46-42-38-34-30-26-22-18-14-10-4)87-95(5,6)82-78-93-88(96)75-67-68-79-94(80-73-76-91)81-74-77-92/h35-42,89H,7-34,43-87,91-92H2,1-6H3/p+1. The fourth-order valence-corrected chi connectivity index (χ4v) is 13.8. The lowest BCUT2D eigenvalue weighted by Crippen LogP contribution is -2.62. The molecule has 0 spiro atoms. The Bertz CT molecular complexity index is 1630. The van der Waals surface area contributed by atoms with Crippen LogP contribution >= 0.6 is 0 Å². The average Bonchev–Trinajstić information content (AvgIpc) is 0.803. The molecule has 0 atom stereocenters. The van der Waals surface area contributed by atoms with E-state index in [0.717, 1.165) is 103 Å². The van der Waals surface area contributed by atoms with E-state index in [1.165, 1.54) is 308 Å². The van der Waals surface area contributed by atoms with Crippen LogP contribution in [0.4, 0.5) is 0 Å². The third-order valence-corrected chi connectivity index (χ3v) is 20.4. The van der Waals surface area contributed by atoms with E-state index >= 15 is 0 Å². The third-order valence-electron chi connectivity index (χ3n) is 20.4. The third kappa shape index (κ3) is 71.7. The number of allylic oxidation sites excluding steroid dienone is 8. The van der Waals surface area contributed by atoms with Crippen molar-refractivity contribution in [3.63, 3.8) is 0 Å². The first-order valence-corrected chi connectivity index (χ1v) is 44.6. The highest BCUT2D eigenvalue weighted by molar-refractivity contribution is 5.75. The molecule has 0 fully saturated rings. The molecule has 0 heterocycles. The normalized spacial score (nSPS) is 13.3. The Labute approximate surface area is 625 Å². The summed E-state index contributed by atoms with van der Waals surface area (Å²) in [6.07, 6.45) is 94.6. The highest BCUT2D eigenvalue weighted by atomic mass is 16.8. The molecule has 0 saturated heterocycles. The highest BCUT2D eigenvalue weighted by Crippen LogP contribution is 2.29. The van der Waals surface area contributed by atoms with Gasteiger partial charge in [-0.1, -0.05) is 307 Å². The van der Waals surface area contributed by atoms with Crippen molar-refractivity contribution < 1.29 is 28.2 Å². The highest BCUT2D eigenvalue weighted by Gasteiger charge is 2.49. The molecule has 10 heteroatoms. The lowest BCUT2D eigenvalue weighted by molar-refractivity contribution is -0.900. The number of likely N-dealkylation sites (N-methyl/N-ethyl adjacent to an activating group) is 1. The average molecular weight is 1410 g/mol. The van der Waals surface area contributed by atoms with Gasteiger partial charge >= 0.3 is 0 Å². The van der Waals surface area contributed by atoms with E-state index in [2.05, 4.69) is 101 Å². The molecule has 10 nitrogen and oxygen atoms in total. The van der Waals surface area contributed by atoms with Crippen LogP contribution in [0.5, 0.6) is 0 Å². The summed E-state index contributed by atoms with van der Waals surface area (Å²) in [5, 5.41) is 3.33. The number of nitrogens with zero attached hydrogens (tertiary/aromatic N) is 2. The summed E-state index contributed by atoms with van der Waals surface area (Å²) in [7, 11) is 4.57. The summed E-state index contributed by atoms with van der Waals surface area (Å²) in [4.78, 5) is 15.9. The number of rotatable bonds is 85. The van der Waals surface area contributed by atoms with Crippen molar-refractivity contribution in [2.24, 2.45) is 11.5 Å². The summed E-state index contributed by atoms with van der Waals surface area (Å²) < 4.78 is 29.6. The van der Waals surface area contributed by atoms with Crippen molar-refractivity contribution in [3.8, 4) is 0 Å². The molecule has 0 radical (unpaired) electrons. The number of unbranched alkanes of at least 4 members (excludes halogenated alkanes) is 49. The first kappa shape index (κ1) is 98.1. The topological polar surface area (TPSA) is 121 Å². The second-order valence-corrected chi connectivity index (χ2v) is 31.1. The predicted molar refractivity (Wildman–Crippen MR) is 441 cm³/mol. The maximum atomic E-state index is 13.5. The van der Waals surface area contributed by atoms with Crippen LogP contribution in [0.25, 0.3) is 0 Å². The minimum atomic E-state index is -1.11. The summed E-state index contributed by atoms with van der Waals surface area (Å²) in [5.74, 6) is -0.980. The Morgan fingerprint density at radius 1 is 0.350 bits per heavy atom. The van der Waals surface area contributed by atoms with Crippen LogP contribution in [0, 0.1) is 0 Å². The number of carbonyl (C=O) groups excluding carboxylic acids is 1. The monoisotopic (exact) mass is 1410 g/mol. The molecule has 0 aliphatic heterocycles. The number of amides is 1. The minimum Gasteiger partial charge on any atom is -0.350 e. The molecule has 0 saturated carbocycles. The van der Waals surface area contributed by atoms with Gasteiger partial charge in [0, 0.05) is 19.6 Å². The number of hydrogen-bond donors (Lipinski definition) is 3. The van der Waals surface area contributed by atoms with Crippen LogP contribution in [0.1, 0.15) is 419 Å². The zero-order chi connectivity index (χ0) is 72.5. The summed E-state index contributed by atoms with van der Waals surface area (Å²) >= 11 is 0. The molecule has 0 unspecified atom stereocenters. The van der Waals surface area contributed by atoms with E-state index < -0.39 is 12.1 Å². The molecule has 0 aromatic carbocycles. The van der Waals surface area contributed by atoms with Crippen molar-refractivity contribution in [2.75, 3.05) is 92.9 Å². The summed E-state index contributed by atoms with van der Waals surface area (Å²) in [6.45, 7) is 17.9. The number of carbonyl (C=O) groups is 1. The lowest BCUT2D eigenvalue weighted by Gasteiger charge is -2.44. The molecule has 0 bridgehead atoms. The van der Waals surface area contributed by atoms with Crippen molar-refractivity contribution in [1.29, 1.82) is 0 Å². The van der Waals surface area contributed by atoms with Crippen LogP contribution in [0.2, 0.25) is 0 Å². The van der Waals surface area contributed by atoms with Crippen LogP contribution in [0.15, 0.2) is 48.6 Å². The molecular weight excluding hydrogens is 1230 g/mol. The van der Waals surface area contributed by atoms with E-state index in [9.17, 15) is 4.79 Å². The van der Waals surface area contributed by atoms with Gasteiger partial charge in [0.15, 0.2) is 0 Å². The largest absolute Gasteiger partial charge is 0.350 e. The van der Waals surface area contributed by atoms with E-state index in [-0.39, 0.29) is 5.91 Å². The van der Waals surface area contributed by atoms with E-state index in [1.54, 1.807) is 0 Å². The molecule has 0 aliphatic rings. The van der Waals surface area contributed by atoms with Gasteiger partial charge < -0.3 is 45.1 Å². The SMILES string of the molecule is CCCCCCCCC=CCCCCCCCCOC(OCCCCCCCCC=CCCCCCCCC)C(C[N+](C)(C)CCNC(=O)CCCCN(CCCN)CCCN)(OCCCCCCCCC=CCCCCCCCC)OCCCCCCCCC=CCCCCCCCC. The quantitative estimate of drug-likeness (QED) is 0.0238. The molecule has 1 amide bonds. The van der Waals surface area contributed by atoms with E-state index in [4.69, 9.17) is 30.4 Å². The summed E-state index contributed by atoms with van der Waals surface area (Å²) in [6, 6.07) is 0. The minimum absolute atomic E-state index is 0.130. The molecule has 0 aromatic heterocycles. The smallest absolute Gasteiger partial charge is 0.271 e. The van der Waals surface area contributed by atoms with E-state index in [0.29, 0.717) is 63.5 Å². The Morgan fingerprint density at radius 3 is 0.900 bits per heavy atom. The van der Waals surface area contributed by atoms with Gasteiger partial charge in [-0.25, -0.2) is 0 Å². The maximum Gasteiger partial charge on any atom is 0.271 e. The van der Waals surface area contributed by atoms with Gasteiger partial charge in [-0.05, 0) is 187 Å².